The van der Waals surface area contributed by atoms with Gasteiger partial charge in [0.2, 0.25) is 5.91 Å². The second-order valence-corrected chi connectivity index (χ2v) is 9.38. The van der Waals surface area contributed by atoms with Crippen molar-refractivity contribution in [2.45, 2.75) is 44.2 Å². The molecule has 2 amide bonds. The van der Waals surface area contributed by atoms with Crippen LogP contribution in [0.4, 0.5) is 4.79 Å². The van der Waals surface area contributed by atoms with Crippen LogP contribution in [0.3, 0.4) is 0 Å². The predicted molar refractivity (Wildman–Crippen MR) is 127 cm³/mol. The Labute approximate surface area is 197 Å². The summed E-state index contributed by atoms with van der Waals surface area (Å²) in [5.41, 5.74) is 4.59. The van der Waals surface area contributed by atoms with Crippen LogP contribution in [0, 0.1) is 0 Å². The molecule has 7 nitrogen and oxygen atoms in total. The van der Waals surface area contributed by atoms with Crippen molar-refractivity contribution < 1.29 is 24.2 Å². The van der Waals surface area contributed by atoms with Crippen LogP contribution >= 0.6 is 11.8 Å². The number of carboxylic acids is 1. The van der Waals surface area contributed by atoms with E-state index in [1.54, 1.807) is 0 Å². The maximum Gasteiger partial charge on any atom is 0.407 e. The number of nitrogens with zero attached hydrogens (tertiary/aromatic N) is 1. The smallest absolute Gasteiger partial charge is 0.407 e. The number of rotatable bonds is 8. The molecule has 1 unspecified atom stereocenters. The summed E-state index contributed by atoms with van der Waals surface area (Å²) in [6.07, 6.45) is 0.879. The van der Waals surface area contributed by atoms with Crippen LogP contribution in [0.5, 0.6) is 0 Å². The van der Waals surface area contributed by atoms with Gasteiger partial charge in [-0.05, 0) is 28.7 Å². The van der Waals surface area contributed by atoms with E-state index in [-0.39, 0.29) is 24.9 Å². The van der Waals surface area contributed by atoms with Gasteiger partial charge in [0.05, 0.1) is 5.88 Å². The molecule has 1 aliphatic carbocycles. The molecule has 0 spiro atoms. The van der Waals surface area contributed by atoms with Crippen molar-refractivity contribution in [3.63, 3.8) is 0 Å². The molecular weight excluding hydrogens is 440 g/mol. The van der Waals surface area contributed by atoms with E-state index in [1.165, 1.54) is 16.7 Å². The van der Waals surface area contributed by atoms with Gasteiger partial charge in [-0.2, -0.15) is 0 Å². The molecule has 0 aromatic heterocycles. The van der Waals surface area contributed by atoms with Crippen LogP contribution in [0.1, 0.15) is 43.2 Å². The molecule has 2 atom stereocenters. The van der Waals surface area contributed by atoms with Gasteiger partial charge >= 0.3 is 12.1 Å². The number of aliphatic carboxylic acids is 1. The summed E-state index contributed by atoms with van der Waals surface area (Å²) in [7, 11) is 0. The quantitative estimate of drug-likeness (QED) is 0.606. The molecule has 1 fully saturated rings. The number of fused-ring (bicyclic) bond motifs is 3. The Hall–Kier alpha value is -3.00. The van der Waals surface area contributed by atoms with Crippen molar-refractivity contribution in [3.05, 3.63) is 59.7 Å². The van der Waals surface area contributed by atoms with Gasteiger partial charge in [-0.3, -0.25) is 4.79 Å². The Kier molecular flexibility index (Phi) is 7.23. The third kappa shape index (κ3) is 5.00. The molecule has 2 aromatic rings. The van der Waals surface area contributed by atoms with Crippen LogP contribution in [0.25, 0.3) is 11.1 Å². The number of benzene rings is 2. The molecule has 1 aliphatic heterocycles. The molecule has 2 aliphatic rings. The number of alkyl carbamates (subject to hydrolysis) is 1. The number of amides is 2. The highest BCUT2D eigenvalue weighted by molar-refractivity contribution is 7.99. The average Bonchev–Trinajstić information content (AvgIpc) is 3.42. The van der Waals surface area contributed by atoms with E-state index in [0.717, 1.165) is 28.7 Å². The van der Waals surface area contributed by atoms with Gasteiger partial charge in [-0.1, -0.05) is 61.9 Å². The molecule has 0 radical (unpaired) electrons. The fourth-order valence-corrected chi connectivity index (χ4v) is 5.77. The molecule has 8 heteroatoms. The van der Waals surface area contributed by atoms with E-state index in [1.807, 2.05) is 31.2 Å². The lowest BCUT2D eigenvalue weighted by Crippen LogP contribution is -2.45. The van der Waals surface area contributed by atoms with Gasteiger partial charge in [-0.25, -0.2) is 9.59 Å². The first-order valence-electron chi connectivity index (χ1n) is 11.2. The number of carbonyl (C=O) groups is 3. The standard InChI is InChI=1S/C25H28N2O5S/c1-2-7-16(12-23(28)27-15-33-14-22(27)24(29)30)26-25(31)32-13-21-19-10-5-3-8-17(19)18-9-4-6-11-20(18)21/h3-6,8-11,16,21-22H,2,7,12-15H2,1H3,(H,26,31)(H,29,30)/t16-,22?/m0/s1. The van der Waals surface area contributed by atoms with E-state index in [9.17, 15) is 19.5 Å². The Morgan fingerprint density at radius 1 is 1.12 bits per heavy atom. The fraction of sp³-hybridized carbons (Fsp3) is 0.400. The van der Waals surface area contributed by atoms with E-state index >= 15 is 0 Å². The first kappa shape index (κ1) is 23.2. The summed E-state index contributed by atoms with van der Waals surface area (Å²) in [5, 5.41) is 12.2. The minimum absolute atomic E-state index is 0.0349. The number of hydrogen-bond acceptors (Lipinski definition) is 5. The van der Waals surface area contributed by atoms with E-state index < -0.39 is 24.1 Å². The lowest BCUT2D eigenvalue weighted by atomic mass is 9.98. The topological polar surface area (TPSA) is 95.9 Å². The summed E-state index contributed by atoms with van der Waals surface area (Å²) in [4.78, 5) is 38.1. The van der Waals surface area contributed by atoms with Crippen molar-refractivity contribution >= 4 is 29.7 Å². The Balaban J connectivity index is 1.37. The average molecular weight is 469 g/mol. The van der Waals surface area contributed by atoms with Gasteiger partial charge in [0, 0.05) is 24.1 Å². The maximum atomic E-state index is 12.7. The van der Waals surface area contributed by atoms with Gasteiger partial charge in [0.1, 0.15) is 12.6 Å². The third-order valence-corrected chi connectivity index (χ3v) is 7.22. The number of carboxylic acid groups (broad SMARTS) is 1. The van der Waals surface area contributed by atoms with Crippen molar-refractivity contribution in [1.29, 1.82) is 0 Å². The lowest BCUT2D eigenvalue weighted by Gasteiger charge is -2.24. The summed E-state index contributed by atoms with van der Waals surface area (Å²) in [6, 6.07) is 15.1. The molecule has 0 saturated carbocycles. The monoisotopic (exact) mass is 468 g/mol. The van der Waals surface area contributed by atoms with Gasteiger partial charge < -0.3 is 20.1 Å². The minimum atomic E-state index is -0.995. The first-order chi connectivity index (χ1) is 16.0. The zero-order valence-electron chi connectivity index (χ0n) is 18.5. The summed E-state index contributed by atoms with van der Waals surface area (Å²) >= 11 is 1.42. The van der Waals surface area contributed by atoms with E-state index in [4.69, 9.17) is 4.74 Å². The van der Waals surface area contributed by atoms with Crippen molar-refractivity contribution in [3.8, 4) is 11.1 Å². The van der Waals surface area contributed by atoms with Crippen LogP contribution in [-0.4, -0.2) is 58.3 Å². The largest absolute Gasteiger partial charge is 0.480 e. The molecular formula is C25H28N2O5S. The van der Waals surface area contributed by atoms with Crippen LogP contribution < -0.4 is 5.32 Å². The molecule has 33 heavy (non-hydrogen) atoms. The maximum absolute atomic E-state index is 12.7. The van der Waals surface area contributed by atoms with Gasteiger partial charge in [0.15, 0.2) is 0 Å². The Morgan fingerprint density at radius 3 is 2.36 bits per heavy atom. The molecule has 1 saturated heterocycles. The highest BCUT2D eigenvalue weighted by atomic mass is 32.2. The molecule has 4 rings (SSSR count). The normalized spacial score (nSPS) is 17.8. The molecule has 2 N–H and O–H groups in total. The number of hydrogen-bond donors (Lipinski definition) is 2. The zero-order valence-corrected chi connectivity index (χ0v) is 19.3. The van der Waals surface area contributed by atoms with Crippen molar-refractivity contribution in [1.82, 2.24) is 10.2 Å². The number of carbonyl (C=O) groups excluding carboxylic acids is 2. The van der Waals surface area contributed by atoms with Crippen LogP contribution in [0.2, 0.25) is 0 Å². The Morgan fingerprint density at radius 2 is 1.76 bits per heavy atom. The highest BCUT2D eigenvalue weighted by Crippen LogP contribution is 2.44. The summed E-state index contributed by atoms with van der Waals surface area (Å²) < 4.78 is 5.61. The second-order valence-electron chi connectivity index (χ2n) is 8.38. The van der Waals surface area contributed by atoms with Crippen LogP contribution in [0.15, 0.2) is 48.5 Å². The molecule has 1 heterocycles. The summed E-state index contributed by atoms with van der Waals surface area (Å²) in [6.45, 7) is 2.18. The van der Waals surface area contributed by atoms with Crippen molar-refractivity contribution in [2.75, 3.05) is 18.2 Å². The first-order valence-corrected chi connectivity index (χ1v) is 12.4. The molecule has 2 aromatic carbocycles. The molecule has 0 bridgehead atoms. The predicted octanol–water partition coefficient (Wildman–Crippen LogP) is 4.07. The van der Waals surface area contributed by atoms with E-state index in [0.29, 0.717) is 18.1 Å². The fourth-order valence-electron chi connectivity index (χ4n) is 4.60. The van der Waals surface area contributed by atoms with Gasteiger partial charge in [-0.15, -0.1) is 11.8 Å². The number of nitrogens with one attached hydrogen (secondary N) is 1. The number of thioether (sulfide) groups is 1. The summed E-state index contributed by atoms with van der Waals surface area (Å²) in [5.74, 6) is -0.541. The SMILES string of the molecule is CCC[C@@H](CC(=O)N1CSCC1C(=O)O)NC(=O)OCC1c2ccccc2-c2ccccc21. The highest BCUT2D eigenvalue weighted by Gasteiger charge is 2.35. The molecule has 174 valence electrons. The number of ether oxygens (including phenoxy) is 1. The zero-order chi connectivity index (χ0) is 23.4. The van der Waals surface area contributed by atoms with E-state index in [2.05, 4.69) is 29.6 Å². The van der Waals surface area contributed by atoms with Crippen LogP contribution in [-0.2, 0) is 14.3 Å². The minimum Gasteiger partial charge on any atom is -0.480 e. The lowest BCUT2D eigenvalue weighted by molar-refractivity contribution is -0.148. The van der Waals surface area contributed by atoms with Crippen molar-refractivity contribution in [2.24, 2.45) is 0 Å². The third-order valence-electron chi connectivity index (χ3n) is 6.21. The Bertz CT molecular complexity index is 997. The second kappa shape index (κ2) is 10.3. The van der Waals surface area contributed by atoms with Gasteiger partial charge in [0.25, 0.3) is 0 Å².